The Morgan fingerprint density at radius 3 is 3.00 bits per heavy atom. The molecule has 0 spiro atoms. The average molecular weight is 331 g/mol. The molecule has 0 unspecified atom stereocenters. The lowest BCUT2D eigenvalue weighted by atomic mass is 10.0. The Hall–Kier alpha value is -1.82. The van der Waals surface area contributed by atoms with Gasteiger partial charge in [0, 0.05) is 18.7 Å². The molecular weight excluding hydrogens is 310 g/mol. The number of rotatable bonds is 4. The van der Waals surface area contributed by atoms with E-state index in [1.165, 1.54) is 18.2 Å². The number of benzene rings is 1. The molecule has 122 valence electrons. The van der Waals surface area contributed by atoms with Gasteiger partial charge >= 0.3 is 0 Å². The molecule has 2 heterocycles. The van der Waals surface area contributed by atoms with Crippen LogP contribution in [-0.2, 0) is 4.79 Å². The highest BCUT2D eigenvalue weighted by molar-refractivity contribution is 7.99. The first-order chi connectivity index (χ1) is 11.1. The molecular formula is C17H21N3O2S. The lowest BCUT2D eigenvalue weighted by Gasteiger charge is -2.30. The van der Waals surface area contributed by atoms with E-state index in [0.29, 0.717) is 22.8 Å². The van der Waals surface area contributed by atoms with Crippen LogP contribution in [0.2, 0.25) is 0 Å². The molecule has 0 bridgehead atoms. The Morgan fingerprint density at radius 2 is 2.22 bits per heavy atom. The van der Waals surface area contributed by atoms with E-state index in [9.17, 15) is 4.79 Å². The van der Waals surface area contributed by atoms with E-state index in [1.807, 2.05) is 36.1 Å². The molecule has 1 saturated heterocycles. The Morgan fingerprint density at radius 1 is 1.39 bits per heavy atom. The zero-order valence-electron chi connectivity index (χ0n) is 13.5. The number of piperidine rings is 1. The van der Waals surface area contributed by atoms with Gasteiger partial charge in [-0.2, -0.15) is 0 Å². The smallest absolute Gasteiger partial charge is 0.277 e. The van der Waals surface area contributed by atoms with Crippen molar-refractivity contribution in [1.29, 1.82) is 0 Å². The van der Waals surface area contributed by atoms with Gasteiger partial charge in [-0.1, -0.05) is 36.9 Å². The van der Waals surface area contributed by atoms with E-state index in [0.717, 1.165) is 30.6 Å². The number of hydrogen-bond donors (Lipinski definition) is 0. The summed E-state index contributed by atoms with van der Waals surface area (Å²) in [6, 6.07) is 7.88. The predicted octanol–water partition coefficient (Wildman–Crippen LogP) is 3.40. The minimum absolute atomic E-state index is 0.150. The van der Waals surface area contributed by atoms with E-state index in [-0.39, 0.29) is 5.91 Å². The van der Waals surface area contributed by atoms with Gasteiger partial charge in [0.1, 0.15) is 0 Å². The molecule has 1 aliphatic rings. The first kappa shape index (κ1) is 16.1. The maximum atomic E-state index is 12.3. The second kappa shape index (κ2) is 7.17. The van der Waals surface area contributed by atoms with Crippen LogP contribution in [0.4, 0.5) is 0 Å². The van der Waals surface area contributed by atoms with Crippen molar-refractivity contribution in [3.05, 3.63) is 29.8 Å². The molecule has 0 saturated carbocycles. The number of carbonyl (C=O) groups is 1. The van der Waals surface area contributed by atoms with Gasteiger partial charge in [0.15, 0.2) is 0 Å². The standard InChI is InChI=1S/C17H21N3O2S/c1-12-6-5-9-20(10-12)15(21)11-23-17-19-18-16(22-17)14-8-4-3-7-13(14)2/h3-4,7-8,12H,5-6,9-11H2,1-2H3/t12-/m1/s1. The number of aromatic nitrogens is 2. The minimum Gasteiger partial charge on any atom is -0.411 e. The normalized spacial score (nSPS) is 18.2. The van der Waals surface area contributed by atoms with Crippen LogP contribution < -0.4 is 0 Å². The van der Waals surface area contributed by atoms with Gasteiger partial charge in [0.2, 0.25) is 11.8 Å². The SMILES string of the molecule is Cc1ccccc1-c1nnc(SCC(=O)N2CCC[C@@H](C)C2)o1. The van der Waals surface area contributed by atoms with Crippen molar-refractivity contribution in [2.45, 2.75) is 31.9 Å². The first-order valence-electron chi connectivity index (χ1n) is 7.93. The van der Waals surface area contributed by atoms with Crippen LogP contribution in [0.3, 0.4) is 0 Å². The predicted molar refractivity (Wildman–Crippen MR) is 90.2 cm³/mol. The largest absolute Gasteiger partial charge is 0.411 e. The number of likely N-dealkylation sites (tertiary alicyclic amines) is 1. The molecule has 1 fully saturated rings. The molecule has 1 atom stereocenters. The molecule has 5 nitrogen and oxygen atoms in total. The third-order valence-electron chi connectivity index (χ3n) is 4.11. The van der Waals surface area contributed by atoms with Gasteiger partial charge in [-0.3, -0.25) is 4.79 Å². The molecule has 0 aliphatic carbocycles. The second-order valence-corrected chi connectivity index (χ2v) is 6.99. The fourth-order valence-corrected chi connectivity index (χ4v) is 3.49. The molecule has 0 N–H and O–H groups in total. The van der Waals surface area contributed by atoms with Crippen molar-refractivity contribution in [1.82, 2.24) is 15.1 Å². The summed E-state index contributed by atoms with van der Waals surface area (Å²) in [7, 11) is 0. The van der Waals surface area contributed by atoms with Crippen molar-refractivity contribution in [2.24, 2.45) is 5.92 Å². The van der Waals surface area contributed by atoms with E-state index in [2.05, 4.69) is 17.1 Å². The third kappa shape index (κ3) is 3.93. The molecule has 1 aromatic carbocycles. The highest BCUT2D eigenvalue weighted by atomic mass is 32.2. The Kier molecular flexibility index (Phi) is 5.00. The van der Waals surface area contributed by atoms with Gasteiger partial charge in [-0.05, 0) is 37.3 Å². The summed E-state index contributed by atoms with van der Waals surface area (Å²) in [5.74, 6) is 1.60. The Balaban J connectivity index is 1.59. The van der Waals surface area contributed by atoms with Gasteiger partial charge < -0.3 is 9.32 Å². The zero-order valence-corrected chi connectivity index (χ0v) is 14.3. The zero-order chi connectivity index (χ0) is 16.2. The number of nitrogens with zero attached hydrogens (tertiary/aromatic N) is 3. The van der Waals surface area contributed by atoms with Gasteiger partial charge in [-0.25, -0.2) is 0 Å². The van der Waals surface area contributed by atoms with Crippen molar-refractivity contribution < 1.29 is 9.21 Å². The number of hydrogen-bond acceptors (Lipinski definition) is 5. The molecule has 1 aliphatic heterocycles. The lowest BCUT2D eigenvalue weighted by Crippen LogP contribution is -2.40. The number of amides is 1. The fraction of sp³-hybridized carbons (Fsp3) is 0.471. The average Bonchev–Trinajstić information content (AvgIpc) is 3.02. The highest BCUT2D eigenvalue weighted by Gasteiger charge is 2.21. The van der Waals surface area contributed by atoms with Gasteiger partial charge in [0.25, 0.3) is 5.22 Å². The van der Waals surface area contributed by atoms with Gasteiger partial charge in [0.05, 0.1) is 5.75 Å². The summed E-state index contributed by atoms with van der Waals surface area (Å²) >= 11 is 1.31. The lowest BCUT2D eigenvalue weighted by molar-refractivity contribution is -0.130. The van der Waals surface area contributed by atoms with Crippen molar-refractivity contribution in [3.63, 3.8) is 0 Å². The van der Waals surface area contributed by atoms with Crippen LogP contribution in [0.1, 0.15) is 25.3 Å². The Bertz CT molecular complexity index is 686. The summed E-state index contributed by atoms with van der Waals surface area (Å²) in [6.07, 6.45) is 2.30. The van der Waals surface area contributed by atoms with Crippen molar-refractivity contribution in [2.75, 3.05) is 18.8 Å². The number of aryl methyl sites for hydroxylation is 1. The fourth-order valence-electron chi connectivity index (χ4n) is 2.82. The first-order valence-corrected chi connectivity index (χ1v) is 8.92. The molecule has 23 heavy (non-hydrogen) atoms. The minimum atomic E-state index is 0.150. The topological polar surface area (TPSA) is 59.2 Å². The van der Waals surface area contributed by atoms with Crippen LogP contribution in [0.15, 0.2) is 33.9 Å². The summed E-state index contributed by atoms with van der Waals surface area (Å²) in [4.78, 5) is 14.2. The third-order valence-corrected chi connectivity index (χ3v) is 4.91. The molecule has 6 heteroatoms. The number of thioether (sulfide) groups is 1. The molecule has 3 rings (SSSR count). The van der Waals surface area contributed by atoms with E-state index < -0.39 is 0 Å². The second-order valence-electron chi connectivity index (χ2n) is 6.06. The van der Waals surface area contributed by atoms with Crippen LogP contribution in [0, 0.1) is 12.8 Å². The molecule has 1 amide bonds. The van der Waals surface area contributed by atoms with Crippen LogP contribution in [-0.4, -0.2) is 39.8 Å². The van der Waals surface area contributed by atoms with Gasteiger partial charge in [-0.15, -0.1) is 10.2 Å². The summed E-state index contributed by atoms with van der Waals surface area (Å²) in [6.45, 7) is 5.92. The van der Waals surface area contributed by atoms with Crippen LogP contribution in [0.25, 0.3) is 11.5 Å². The summed E-state index contributed by atoms with van der Waals surface area (Å²) < 4.78 is 5.68. The number of carbonyl (C=O) groups excluding carboxylic acids is 1. The van der Waals surface area contributed by atoms with Crippen LogP contribution in [0.5, 0.6) is 0 Å². The van der Waals surface area contributed by atoms with Crippen molar-refractivity contribution >= 4 is 17.7 Å². The molecule has 0 radical (unpaired) electrons. The van der Waals surface area contributed by atoms with E-state index in [4.69, 9.17) is 4.42 Å². The van der Waals surface area contributed by atoms with Crippen LogP contribution >= 0.6 is 11.8 Å². The monoisotopic (exact) mass is 331 g/mol. The summed E-state index contributed by atoms with van der Waals surface area (Å²) in [5, 5.41) is 8.57. The highest BCUT2D eigenvalue weighted by Crippen LogP contribution is 2.26. The maximum absolute atomic E-state index is 12.3. The quantitative estimate of drug-likeness (QED) is 0.804. The Labute approximate surface area is 140 Å². The van der Waals surface area contributed by atoms with E-state index >= 15 is 0 Å². The molecule has 1 aromatic heterocycles. The molecule has 2 aromatic rings. The van der Waals surface area contributed by atoms with E-state index in [1.54, 1.807) is 0 Å². The summed E-state index contributed by atoms with van der Waals surface area (Å²) in [5.41, 5.74) is 2.02. The van der Waals surface area contributed by atoms with Crippen molar-refractivity contribution in [3.8, 4) is 11.5 Å². The maximum Gasteiger partial charge on any atom is 0.277 e.